The zero-order valence-electron chi connectivity index (χ0n) is 38.5. The molecule has 0 unspecified atom stereocenters. The topological polar surface area (TPSA) is 197 Å². The summed E-state index contributed by atoms with van der Waals surface area (Å²) in [6.45, 7) is 19.6. The van der Waals surface area contributed by atoms with Crippen LogP contribution in [-0.4, -0.2) is 166 Å². The number of aliphatic hydroxyl groups is 1. The molecule has 0 aliphatic carbocycles. The molecule has 2 aromatic rings. The van der Waals surface area contributed by atoms with Gasteiger partial charge in [0.2, 0.25) is 17.7 Å². The molecule has 2 aliphatic heterocycles. The van der Waals surface area contributed by atoms with E-state index in [4.69, 9.17) is 33.2 Å². The SMILES string of the molecule is Cc1ncsc1-c1ccc([C@H](C)NC(=O)[C@@H]2C[C@@H](O)CN2C(=O)[C@@H](NC(=O)COCCOCCOCCOCCOCCOC2CCN(C(=O)OC(C)(C)C)CC2)C(C)(C)C)cc1. The average Bonchev–Trinajstić information content (AvgIpc) is 3.85. The van der Waals surface area contributed by atoms with Crippen molar-refractivity contribution in [3.8, 4) is 10.4 Å². The van der Waals surface area contributed by atoms with E-state index in [0.717, 1.165) is 34.5 Å². The summed E-state index contributed by atoms with van der Waals surface area (Å²) in [7, 11) is 0. The number of aliphatic hydroxyl groups excluding tert-OH is 1. The normalized spacial score (nSPS) is 18.3. The minimum atomic E-state index is -0.965. The van der Waals surface area contributed by atoms with Gasteiger partial charge in [0, 0.05) is 26.1 Å². The lowest BCUT2D eigenvalue weighted by Crippen LogP contribution is -2.58. The number of nitrogens with zero attached hydrogens (tertiary/aromatic N) is 3. The van der Waals surface area contributed by atoms with Gasteiger partial charge in [-0.2, -0.15) is 0 Å². The van der Waals surface area contributed by atoms with Gasteiger partial charge in [0.25, 0.3) is 0 Å². The molecule has 3 N–H and O–H groups in total. The Bertz CT molecular complexity index is 1710. The predicted octanol–water partition coefficient (Wildman–Crippen LogP) is 4.29. The van der Waals surface area contributed by atoms with Crippen molar-refractivity contribution in [2.45, 2.75) is 111 Å². The summed E-state index contributed by atoms with van der Waals surface area (Å²) in [5, 5.41) is 16.4. The first kappa shape index (κ1) is 51.9. The third-order valence-electron chi connectivity index (χ3n) is 10.5. The number of amides is 4. The minimum Gasteiger partial charge on any atom is -0.444 e. The molecule has 3 heterocycles. The Morgan fingerprint density at radius 1 is 0.825 bits per heavy atom. The highest BCUT2D eigenvalue weighted by Gasteiger charge is 2.44. The molecule has 1 aromatic carbocycles. The zero-order chi connectivity index (χ0) is 46.0. The molecule has 2 aliphatic rings. The second-order valence-corrected chi connectivity index (χ2v) is 18.8. The van der Waals surface area contributed by atoms with Crippen molar-refractivity contribution in [1.29, 1.82) is 0 Å². The van der Waals surface area contributed by atoms with E-state index < -0.39 is 41.0 Å². The van der Waals surface area contributed by atoms with Crippen LogP contribution in [-0.2, 0) is 47.5 Å². The summed E-state index contributed by atoms with van der Waals surface area (Å²) in [6.07, 6.45) is 0.594. The number of nitrogens with one attached hydrogen (secondary N) is 2. The molecule has 63 heavy (non-hydrogen) atoms. The number of β-amino-alcohol motifs (C(OH)–C–C–N with tert-alkyl or cyclic N) is 1. The first-order valence-electron chi connectivity index (χ1n) is 22.0. The van der Waals surface area contributed by atoms with Gasteiger partial charge in [0.15, 0.2) is 0 Å². The lowest BCUT2D eigenvalue weighted by molar-refractivity contribution is -0.144. The van der Waals surface area contributed by atoms with Gasteiger partial charge in [0.1, 0.15) is 24.3 Å². The van der Waals surface area contributed by atoms with Crippen molar-refractivity contribution in [3.05, 3.63) is 41.0 Å². The number of hydrogen-bond donors (Lipinski definition) is 3. The number of likely N-dealkylation sites (tertiary alicyclic amines) is 2. The summed E-state index contributed by atoms with van der Waals surface area (Å²) in [4.78, 5) is 61.2. The molecule has 354 valence electrons. The van der Waals surface area contributed by atoms with Crippen molar-refractivity contribution in [3.63, 3.8) is 0 Å². The number of piperidine rings is 1. The van der Waals surface area contributed by atoms with Gasteiger partial charge in [-0.1, -0.05) is 45.0 Å². The number of hydrogen-bond acceptors (Lipinski definition) is 14. The van der Waals surface area contributed by atoms with Crippen molar-refractivity contribution in [1.82, 2.24) is 25.4 Å². The third kappa shape index (κ3) is 18.0. The molecule has 4 rings (SSSR count). The summed E-state index contributed by atoms with van der Waals surface area (Å²) in [6, 6.07) is 5.71. The number of rotatable bonds is 24. The molecular formula is C45H71N5O12S. The van der Waals surface area contributed by atoms with Crippen molar-refractivity contribution >= 4 is 35.2 Å². The fourth-order valence-corrected chi connectivity index (χ4v) is 7.88. The smallest absolute Gasteiger partial charge is 0.410 e. The molecule has 18 heteroatoms. The second kappa shape index (κ2) is 25.7. The van der Waals surface area contributed by atoms with Gasteiger partial charge >= 0.3 is 6.09 Å². The van der Waals surface area contributed by atoms with Crippen molar-refractivity contribution < 1.29 is 57.4 Å². The van der Waals surface area contributed by atoms with Crippen molar-refractivity contribution in [2.24, 2.45) is 5.41 Å². The van der Waals surface area contributed by atoms with Crippen LogP contribution in [0, 0.1) is 12.3 Å². The molecule has 17 nitrogen and oxygen atoms in total. The Morgan fingerprint density at radius 3 is 1.90 bits per heavy atom. The highest BCUT2D eigenvalue weighted by molar-refractivity contribution is 7.13. The summed E-state index contributed by atoms with van der Waals surface area (Å²) in [5.41, 5.74) is 3.52. The van der Waals surface area contributed by atoms with Gasteiger partial charge < -0.3 is 58.7 Å². The monoisotopic (exact) mass is 905 g/mol. The Morgan fingerprint density at radius 2 is 1.38 bits per heavy atom. The molecular weight excluding hydrogens is 835 g/mol. The molecule has 4 atom stereocenters. The van der Waals surface area contributed by atoms with E-state index in [1.807, 2.05) is 85.2 Å². The van der Waals surface area contributed by atoms with Crippen LogP contribution in [0.4, 0.5) is 4.79 Å². The molecule has 0 saturated carbocycles. The second-order valence-electron chi connectivity index (χ2n) is 17.9. The standard InChI is InChI=1S/C45H71N5O12S/c1-31(33-9-11-34(12-10-33)39-32(2)46-30-63-39)47-41(53)37-27-35(51)28-50(37)42(54)40(44(3,4)5)48-38(52)29-60-24-23-58-20-19-56-17-18-57-21-22-59-25-26-61-36-13-15-49(16-14-36)43(55)62-45(6,7)8/h9-12,30-31,35-37,40,51H,13-29H2,1-8H3,(H,47,53)(H,48,52)/t31-,35+,37-,40+/m0/s1. The van der Waals surface area contributed by atoms with E-state index in [0.29, 0.717) is 65.9 Å². The van der Waals surface area contributed by atoms with Crippen LogP contribution >= 0.6 is 11.3 Å². The summed E-state index contributed by atoms with van der Waals surface area (Å²) >= 11 is 1.57. The van der Waals surface area contributed by atoms with Gasteiger partial charge in [-0.3, -0.25) is 14.4 Å². The fourth-order valence-electron chi connectivity index (χ4n) is 7.07. The molecule has 0 spiro atoms. The number of aromatic nitrogens is 1. The van der Waals surface area contributed by atoms with Crippen LogP contribution in [0.5, 0.6) is 0 Å². The van der Waals surface area contributed by atoms with Gasteiger partial charge in [-0.05, 0) is 64.0 Å². The zero-order valence-corrected chi connectivity index (χ0v) is 39.3. The minimum absolute atomic E-state index is 0.0184. The van der Waals surface area contributed by atoms with Gasteiger partial charge in [-0.25, -0.2) is 9.78 Å². The average molecular weight is 906 g/mol. The Labute approximate surface area is 376 Å². The first-order chi connectivity index (χ1) is 29.9. The maximum atomic E-state index is 14.0. The van der Waals surface area contributed by atoms with E-state index in [1.54, 1.807) is 16.2 Å². The Balaban J connectivity index is 1.02. The van der Waals surface area contributed by atoms with E-state index in [1.165, 1.54) is 4.90 Å². The highest BCUT2D eigenvalue weighted by atomic mass is 32.1. The Kier molecular flexibility index (Phi) is 21.1. The molecule has 2 saturated heterocycles. The van der Waals surface area contributed by atoms with E-state index >= 15 is 0 Å². The van der Waals surface area contributed by atoms with Crippen LogP contribution in [0.3, 0.4) is 0 Å². The molecule has 2 fully saturated rings. The summed E-state index contributed by atoms with van der Waals surface area (Å²) < 4.78 is 39.0. The number of benzene rings is 1. The third-order valence-corrected chi connectivity index (χ3v) is 11.4. The Hall–Kier alpha value is -3.75. The van der Waals surface area contributed by atoms with E-state index in [2.05, 4.69) is 15.6 Å². The molecule has 1 aromatic heterocycles. The van der Waals surface area contributed by atoms with E-state index in [9.17, 15) is 24.3 Å². The van der Waals surface area contributed by atoms with Crippen LogP contribution in [0.1, 0.15) is 85.0 Å². The number of carbonyl (C=O) groups is 4. The lowest BCUT2D eigenvalue weighted by atomic mass is 9.85. The predicted molar refractivity (Wildman–Crippen MR) is 237 cm³/mol. The largest absolute Gasteiger partial charge is 0.444 e. The van der Waals surface area contributed by atoms with Gasteiger partial charge in [0.05, 0.1) is 100 Å². The van der Waals surface area contributed by atoms with Crippen molar-refractivity contribution in [2.75, 3.05) is 92.3 Å². The van der Waals surface area contributed by atoms with Crippen LogP contribution in [0.25, 0.3) is 10.4 Å². The maximum Gasteiger partial charge on any atom is 0.410 e. The van der Waals surface area contributed by atoms with Crippen LogP contribution in [0.2, 0.25) is 0 Å². The first-order valence-corrected chi connectivity index (χ1v) is 22.9. The van der Waals surface area contributed by atoms with Gasteiger partial charge in [-0.15, -0.1) is 11.3 Å². The number of carbonyl (C=O) groups excluding carboxylic acids is 4. The van der Waals surface area contributed by atoms with E-state index in [-0.39, 0.29) is 56.9 Å². The van der Waals surface area contributed by atoms with Crippen LogP contribution < -0.4 is 10.6 Å². The summed E-state index contributed by atoms with van der Waals surface area (Å²) in [5.74, 6) is -1.30. The maximum absolute atomic E-state index is 14.0. The van der Waals surface area contributed by atoms with Crippen LogP contribution in [0.15, 0.2) is 29.8 Å². The number of ether oxygens (including phenoxy) is 7. The fraction of sp³-hybridized carbons (Fsp3) is 0.711. The lowest BCUT2D eigenvalue weighted by Gasteiger charge is -2.35. The molecule has 0 bridgehead atoms. The number of aryl methyl sites for hydroxylation is 1. The quantitative estimate of drug-likeness (QED) is 0.126. The number of thiazole rings is 1. The molecule has 0 radical (unpaired) electrons. The highest BCUT2D eigenvalue weighted by Crippen LogP contribution is 2.30. The molecule has 4 amide bonds.